The highest BCUT2D eigenvalue weighted by Crippen LogP contribution is 2.53. The summed E-state index contributed by atoms with van der Waals surface area (Å²) in [6, 6.07) is 2.31. The van der Waals surface area contributed by atoms with Crippen LogP contribution in [0.4, 0.5) is 0 Å². The molecule has 2 rings (SSSR count). The fourth-order valence-corrected chi connectivity index (χ4v) is 3.86. The molecule has 3 nitrogen and oxygen atoms in total. The Morgan fingerprint density at radius 2 is 2.12 bits per heavy atom. The lowest BCUT2D eigenvalue weighted by molar-refractivity contribution is 0.0612. The number of nitriles is 2. The largest absolute Gasteiger partial charge is 0.427 e. The minimum atomic E-state index is 0.160. The summed E-state index contributed by atoms with van der Waals surface area (Å²) in [4.78, 5) is 0. The summed E-state index contributed by atoms with van der Waals surface area (Å²) in [6.07, 6.45) is 7.26. The number of nitrogens with zero attached hydrogens (tertiary/aromatic N) is 2. The number of hydrogen-bond donors (Lipinski definition) is 0. The predicted octanol–water partition coefficient (Wildman–Crippen LogP) is 2.84. The highest BCUT2D eigenvalue weighted by atomic mass is 16.5. The van der Waals surface area contributed by atoms with Crippen LogP contribution >= 0.6 is 0 Å². The molecule has 2 bridgehead atoms. The molecular formula is C13H18N2O. The minimum Gasteiger partial charge on any atom is -0.427 e. The lowest BCUT2D eigenvalue weighted by Crippen LogP contribution is -2.31. The van der Waals surface area contributed by atoms with Crippen LogP contribution in [-0.4, -0.2) is 6.61 Å². The fourth-order valence-electron chi connectivity index (χ4n) is 3.86. The van der Waals surface area contributed by atoms with E-state index in [-0.39, 0.29) is 5.41 Å². The zero-order chi connectivity index (χ0) is 11.6. The van der Waals surface area contributed by atoms with Crippen molar-refractivity contribution in [3.05, 3.63) is 0 Å². The molecular weight excluding hydrogens is 200 g/mol. The van der Waals surface area contributed by atoms with Gasteiger partial charge in [-0.3, -0.25) is 0 Å². The molecule has 0 saturated heterocycles. The van der Waals surface area contributed by atoms with Crippen LogP contribution in [0.15, 0.2) is 0 Å². The quantitative estimate of drug-likeness (QED) is 0.684. The van der Waals surface area contributed by atoms with Gasteiger partial charge in [-0.1, -0.05) is 6.92 Å². The highest BCUT2D eigenvalue weighted by Gasteiger charge is 2.45. The van der Waals surface area contributed by atoms with Crippen LogP contribution in [0.25, 0.3) is 0 Å². The van der Waals surface area contributed by atoms with Gasteiger partial charge >= 0.3 is 0 Å². The van der Waals surface area contributed by atoms with Crippen LogP contribution in [0.1, 0.15) is 39.0 Å². The molecule has 2 aliphatic carbocycles. The Hall–Kier alpha value is -1.22. The third kappa shape index (κ3) is 2.14. The maximum atomic E-state index is 8.80. The molecule has 0 N–H and O–H groups in total. The van der Waals surface area contributed by atoms with Gasteiger partial charge in [0.15, 0.2) is 0 Å². The molecule has 2 aliphatic rings. The van der Waals surface area contributed by atoms with Crippen LogP contribution in [-0.2, 0) is 4.74 Å². The van der Waals surface area contributed by atoms with Crippen molar-refractivity contribution in [2.24, 2.45) is 23.2 Å². The van der Waals surface area contributed by atoms with Gasteiger partial charge in [-0.2, -0.15) is 10.5 Å². The van der Waals surface area contributed by atoms with Crippen LogP contribution in [0, 0.1) is 46.0 Å². The minimum absolute atomic E-state index is 0.160. The average molecular weight is 218 g/mol. The van der Waals surface area contributed by atoms with E-state index in [2.05, 4.69) is 13.0 Å². The van der Waals surface area contributed by atoms with Gasteiger partial charge in [0.25, 0.3) is 6.26 Å². The molecule has 0 heterocycles. The number of hydrogen-bond acceptors (Lipinski definition) is 3. The summed E-state index contributed by atoms with van der Waals surface area (Å²) in [6.45, 7) is 2.77. The second-order valence-electron chi connectivity index (χ2n) is 5.82. The summed E-state index contributed by atoms with van der Waals surface area (Å²) in [5, 5.41) is 17.3. The third-order valence-corrected chi connectivity index (χ3v) is 4.31. The molecule has 86 valence electrons. The number of ether oxygens (including phenoxy) is 1. The lowest BCUT2D eigenvalue weighted by Gasteiger charge is -2.37. The van der Waals surface area contributed by atoms with Gasteiger partial charge in [0.1, 0.15) is 6.61 Å². The normalized spacial score (nSPS) is 41.1. The van der Waals surface area contributed by atoms with Crippen LogP contribution in [0.3, 0.4) is 0 Å². The molecule has 0 aromatic heterocycles. The third-order valence-electron chi connectivity index (χ3n) is 4.31. The molecule has 4 atom stereocenters. The van der Waals surface area contributed by atoms with E-state index in [1.54, 1.807) is 6.26 Å². The summed E-state index contributed by atoms with van der Waals surface area (Å²) in [5.74, 6) is 2.04. The first-order chi connectivity index (χ1) is 7.67. The van der Waals surface area contributed by atoms with E-state index in [9.17, 15) is 0 Å². The van der Waals surface area contributed by atoms with Gasteiger partial charge in [-0.25, -0.2) is 0 Å². The van der Waals surface area contributed by atoms with Gasteiger partial charge < -0.3 is 4.74 Å². The van der Waals surface area contributed by atoms with E-state index in [0.29, 0.717) is 24.9 Å². The molecule has 4 unspecified atom stereocenters. The van der Waals surface area contributed by atoms with Crippen molar-refractivity contribution in [2.75, 3.05) is 6.61 Å². The van der Waals surface area contributed by atoms with Crippen LogP contribution < -0.4 is 0 Å². The summed E-state index contributed by atoms with van der Waals surface area (Å²) in [7, 11) is 0. The monoisotopic (exact) mass is 218 g/mol. The van der Waals surface area contributed by atoms with Gasteiger partial charge in [-0.05, 0) is 43.4 Å². The Bertz CT molecular complexity index is 341. The van der Waals surface area contributed by atoms with Crippen LogP contribution in [0.2, 0.25) is 0 Å². The van der Waals surface area contributed by atoms with E-state index in [1.165, 1.54) is 12.8 Å². The van der Waals surface area contributed by atoms with Crippen molar-refractivity contribution >= 4 is 0 Å². The number of rotatable bonds is 3. The van der Waals surface area contributed by atoms with E-state index in [4.69, 9.17) is 15.3 Å². The van der Waals surface area contributed by atoms with E-state index < -0.39 is 0 Å². The summed E-state index contributed by atoms with van der Waals surface area (Å²) < 4.78 is 4.94. The molecule has 3 heteroatoms. The maximum Gasteiger partial charge on any atom is 0.286 e. The van der Waals surface area contributed by atoms with Crippen molar-refractivity contribution < 1.29 is 4.74 Å². The van der Waals surface area contributed by atoms with E-state index in [0.717, 1.165) is 18.8 Å². The van der Waals surface area contributed by atoms with Gasteiger partial charge in [0, 0.05) is 11.8 Å². The van der Waals surface area contributed by atoms with Crippen LogP contribution in [0.5, 0.6) is 0 Å². The van der Waals surface area contributed by atoms with E-state index >= 15 is 0 Å². The van der Waals surface area contributed by atoms with Crippen molar-refractivity contribution in [2.45, 2.75) is 39.0 Å². The molecule has 2 saturated carbocycles. The SMILES string of the molecule is CC1(COC#N)CC2CC(CC#N)C(C2)C1. The lowest BCUT2D eigenvalue weighted by atomic mass is 9.70. The first-order valence-electron chi connectivity index (χ1n) is 6.05. The number of fused-ring (bicyclic) bond motifs is 2. The molecule has 0 aromatic rings. The molecule has 0 aliphatic heterocycles. The highest BCUT2D eigenvalue weighted by molar-refractivity contribution is 4.98. The molecule has 0 aromatic carbocycles. The van der Waals surface area contributed by atoms with Crippen molar-refractivity contribution in [3.8, 4) is 12.3 Å². The topological polar surface area (TPSA) is 56.8 Å². The Morgan fingerprint density at radius 3 is 2.81 bits per heavy atom. The Labute approximate surface area is 97.0 Å². The Kier molecular flexibility index (Phi) is 3.06. The molecule has 2 fully saturated rings. The van der Waals surface area contributed by atoms with Gasteiger partial charge in [0.05, 0.1) is 6.07 Å². The summed E-state index contributed by atoms with van der Waals surface area (Å²) in [5.41, 5.74) is 0.160. The first kappa shape index (κ1) is 11.3. The van der Waals surface area contributed by atoms with Gasteiger partial charge in [-0.15, -0.1) is 0 Å². The first-order valence-corrected chi connectivity index (χ1v) is 6.05. The smallest absolute Gasteiger partial charge is 0.286 e. The zero-order valence-corrected chi connectivity index (χ0v) is 9.78. The predicted molar refractivity (Wildman–Crippen MR) is 58.8 cm³/mol. The molecule has 0 amide bonds. The molecule has 0 radical (unpaired) electrons. The molecule has 0 spiro atoms. The fraction of sp³-hybridized carbons (Fsp3) is 0.846. The average Bonchev–Trinajstić information content (AvgIpc) is 2.52. The van der Waals surface area contributed by atoms with Crippen molar-refractivity contribution in [1.82, 2.24) is 0 Å². The second kappa shape index (κ2) is 4.34. The second-order valence-corrected chi connectivity index (χ2v) is 5.82. The van der Waals surface area contributed by atoms with Gasteiger partial charge in [0.2, 0.25) is 0 Å². The zero-order valence-electron chi connectivity index (χ0n) is 9.78. The standard InChI is InChI=1S/C13H18N2O/c1-13(8-16-9-15)6-10-4-11(2-3-14)12(5-10)7-13/h10-12H,2,4-8H2,1H3. The molecule has 16 heavy (non-hydrogen) atoms. The van der Waals surface area contributed by atoms with Crippen molar-refractivity contribution in [3.63, 3.8) is 0 Å². The Balaban J connectivity index is 1.99. The summed E-state index contributed by atoms with van der Waals surface area (Å²) >= 11 is 0. The maximum absolute atomic E-state index is 8.80. The Morgan fingerprint density at radius 1 is 1.31 bits per heavy atom. The van der Waals surface area contributed by atoms with E-state index in [1.807, 2.05) is 0 Å². The van der Waals surface area contributed by atoms with Crippen molar-refractivity contribution in [1.29, 1.82) is 10.5 Å².